The molecule has 2 N–H and O–H groups in total. The van der Waals surface area contributed by atoms with E-state index < -0.39 is 0 Å². The Balaban J connectivity index is 1.81. The standard InChI is InChI=1S/C17H27N3O/c1-3-10-18-13-15-4-6-16(7-5-15)19-17(21)20-11-8-14(2)9-12-20/h4-7,14,18H,3,8-13H2,1-2H3,(H,19,21). The van der Waals surface area contributed by atoms with Crippen LogP contribution in [-0.4, -0.2) is 30.6 Å². The van der Waals surface area contributed by atoms with Crippen LogP contribution in [0.1, 0.15) is 38.7 Å². The lowest BCUT2D eigenvalue weighted by atomic mass is 10.00. The summed E-state index contributed by atoms with van der Waals surface area (Å²) in [6.45, 7) is 8.06. The monoisotopic (exact) mass is 289 g/mol. The summed E-state index contributed by atoms with van der Waals surface area (Å²) in [5.74, 6) is 0.740. The highest BCUT2D eigenvalue weighted by Gasteiger charge is 2.20. The molecule has 1 heterocycles. The second-order valence-electron chi connectivity index (χ2n) is 5.97. The molecule has 4 nitrogen and oxygen atoms in total. The fraction of sp³-hybridized carbons (Fsp3) is 0.588. The van der Waals surface area contributed by atoms with Gasteiger partial charge in [-0.15, -0.1) is 0 Å². The number of piperidine rings is 1. The first-order valence-electron chi connectivity index (χ1n) is 8.04. The third kappa shape index (κ3) is 5.05. The Morgan fingerprint density at radius 2 is 1.90 bits per heavy atom. The van der Waals surface area contributed by atoms with Gasteiger partial charge in [-0.1, -0.05) is 26.0 Å². The number of rotatable bonds is 5. The number of hydrogen-bond donors (Lipinski definition) is 2. The van der Waals surface area contributed by atoms with Crippen molar-refractivity contribution in [3.05, 3.63) is 29.8 Å². The lowest BCUT2D eigenvalue weighted by molar-refractivity contribution is 0.186. The number of nitrogens with zero attached hydrogens (tertiary/aromatic N) is 1. The second kappa shape index (κ2) is 8.03. The zero-order valence-electron chi connectivity index (χ0n) is 13.2. The molecule has 0 bridgehead atoms. The maximum Gasteiger partial charge on any atom is 0.321 e. The van der Waals surface area contributed by atoms with E-state index in [0.717, 1.165) is 57.0 Å². The number of carbonyl (C=O) groups excluding carboxylic acids is 1. The Kier molecular flexibility index (Phi) is 6.05. The van der Waals surface area contributed by atoms with Gasteiger partial charge in [0.2, 0.25) is 0 Å². The maximum absolute atomic E-state index is 12.2. The molecular formula is C17H27N3O. The van der Waals surface area contributed by atoms with E-state index in [-0.39, 0.29) is 6.03 Å². The van der Waals surface area contributed by atoms with Crippen LogP contribution in [-0.2, 0) is 6.54 Å². The van der Waals surface area contributed by atoms with Crippen LogP contribution in [0.4, 0.5) is 10.5 Å². The fourth-order valence-electron chi connectivity index (χ4n) is 2.53. The highest BCUT2D eigenvalue weighted by atomic mass is 16.2. The lowest BCUT2D eigenvalue weighted by Gasteiger charge is -2.30. The maximum atomic E-state index is 12.2. The molecule has 1 aliphatic rings. The first-order chi connectivity index (χ1) is 10.2. The number of nitrogens with one attached hydrogen (secondary N) is 2. The van der Waals surface area contributed by atoms with Gasteiger partial charge < -0.3 is 15.5 Å². The summed E-state index contributed by atoms with van der Waals surface area (Å²) in [6.07, 6.45) is 3.35. The zero-order chi connectivity index (χ0) is 15.1. The summed E-state index contributed by atoms with van der Waals surface area (Å²) in [5, 5.41) is 6.36. The van der Waals surface area contributed by atoms with Gasteiger partial charge in [0, 0.05) is 25.3 Å². The zero-order valence-corrected chi connectivity index (χ0v) is 13.2. The van der Waals surface area contributed by atoms with E-state index in [1.807, 2.05) is 17.0 Å². The Bertz CT molecular complexity index is 436. The van der Waals surface area contributed by atoms with Crippen LogP contribution in [0, 0.1) is 5.92 Å². The first kappa shape index (κ1) is 15.8. The number of likely N-dealkylation sites (tertiary alicyclic amines) is 1. The number of urea groups is 1. The predicted octanol–water partition coefficient (Wildman–Crippen LogP) is 3.45. The van der Waals surface area contributed by atoms with Gasteiger partial charge in [-0.25, -0.2) is 4.79 Å². The van der Waals surface area contributed by atoms with E-state index in [1.165, 1.54) is 5.56 Å². The Morgan fingerprint density at radius 3 is 2.52 bits per heavy atom. The van der Waals surface area contributed by atoms with Gasteiger partial charge in [0.1, 0.15) is 0 Å². The first-order valence-corrected chi connectivity index (χ1v) is 8.04. The van der Waals surface area contributed by atoms with Crippen molar-refractivity contribution in [2.75, 3.05) is 25.0 Å². The van der Waals surface area contributed by atoms with Crippen molar-refractivity contribution in [3.8, 4) is 0 Å². The highest BCUT2D eigenvalue weighted by molar-refractivity contribution is 5.89. The van der Waals surface area contributed by atoms with E-state index in [1.54, 1.807) is 0 Å². The molecule has 0 aliphatic carbocycles. The number of amides is 2. The number of carbonyl (C=O) groups is 1. The van der Waals surface area contributed by atoms with E-state index >= 15 is 0 Å². The summed E-state index contributed by atoms with van der Waals surface area (Å²) in [6, 6.07) is 8.12. The normalized spacial score (nSPS) is 16.0. The molecule has 0 atom stereocenters. The van der Waals surface area contributed by atoms with Crippen LogP contribution in [0.5, 0.6) is 0 Å². The molecule has 1 fully saturated rings. The SMILES string of the molecule is CCCNCc1ccc(NC(=O)N2CCC(C)CC2)cc1. The van der Waals surface area contributed by atoms with Gasteiger partial charge in [-0.2, -0.15) is 0 Å². The van der Waals surface area contributed by atoms with Crippen LogP contribution >= 0.6 is 0 Å². The Labute approximate surface area is 127 Å². The Hall–Kier alpha value is -1.55. The topological polar surface area (TPSA) is 44.4 Å². The minimum Gasteiger partial charge on any atom is -0.325 e. The van der Waals surface area contributed by atoms with Crippen molar-refractivity contribution >= 4 is 11.7 Å². The van der Waals surface area contributed by atoms with Crippen molar-refractivity contribution in [2.45, 2.75) is 39.7 Å². The average molecular weight is 289 g/mol. The van der Waals surface area contributed by atoms with Crippen LogP contribution in [0.2, 0.25) is 0 Å². The summed E-state index contributed by atoms with van der Waals surface area (Å²) >= 11 is 0. The van der Waals surface area contributed by atoms with Crippen LogP contribution in [0.25, 0.3) is 0 Å². The summed E-state index contributed by atoms with van der Waals surface area (Å²) in [7, 11) is 0. The lowest BCUT2D eigenvalue weighted by Crippen LogP contribution is -2.40. The van der Waals surface area contributed by atoms with Gasteiger partial charge in [0.15, 0.2) is 0 Å². The van der Waals surface area contributed by atoms with Crippen molar-refractivity contribution < 1.29 is 4.79 Å². The van der Waals surface area contributed by atoms with E-state index in [2.05, 4.69) is 36.6 Å². The average Bonchev–Trinajstić information content (AvgIpc) is 2.50. The molecular weight excluding hydrogens is 262 g/mol. The molecule has 0 unspecified atom stereocenters. The van der Waals surface area contributed by atoms with Crippen molar-refractivity contribution in [2.24, 2.45) is 5.92 Å². The van der Waals surface area contributed by atoms with Gasteiger partial charge in [0.05, 0.1) is 0 Å². The van der Waals surface area contributed by atoms with Crippen LogP contribution < -0.4 is 10.6 Å². The summed E-state index contributed by atoms with van der Waals surface area (Å²) in [5.41, 5.74) is 2.12. The molecule has 1 aromatic carbocycles. The molecule has 2 amide bonds. The molecule has 0 saturated carbocycles. The second-order valence-corrected chi connectivity index (χ2v) is 5.97. The van der Waals surface area contributed by atoms with Gasteiger partial charge >= 0.3 is 6.03 Å². The summed E-state index contributed by atoms with van der Waals surface area (Å²) < 4.78 is 0. The molecule has 4 heteroatoms. The van der Waals surface area contributed by atoms with E-state index in [4.69, 9.17) is 0 Å². The van der Waals surface area contributed by atoms with Crippen molar-refractivity contribution in [1.29, 1.82) is 0 Å². The Morgan fingerprint density at radius 1 is 1.24 bits per heavy atom. The van der Waals surface area contributed by atoms with Crippen LogP contribution in [0.15, 0.2) is 24.3 Å². The van der Waals surface area contributed by atoms with Crippen molar-refractivity contribution in [1.82, 2.24) is 10.2 Å². The van der Waals surface area contributed by atoms with Crippen molar-refractivity contribution in [3.63, 3.8) is 0 Å². The third-order valence-electron chi connectivity index (χ3n) is 4.03. The minimum absolute atomic E-state index is 0.0266. The third-order valence-corrected chi connectivity index (χ3v) is 4.03. The number of anilines is 1. The smallest absolute Gasteiger partial charge is 0.321 e. The molecule has 116 valence electrons. The van der Waals surface area contributed by atoms with Gasteiger partial charge in [-0.05, 0) is 49.4 Å². The molecule has 2 rings (SSSR count). The summed E-state index contributed by atoms with van der Waals surface area (Å²) in [4.78, 5) is 14.1. The van der Waals surface area contributed by atoms with E-state index in [0.29, 0.717) is 0 Å². The van der Waals surface area contributed by atoms with Gasteiger partial charge in [0.25, 0.3) is 0 Å². The molecule has 0 spiro atoms. The highest BCUT2D eigenvalue weighted by Crippen LogP contribution is 2.17. The fourth-order valence-corrected chi connectivity index (χ4v) is 2.53. The molecule has 0 aromatic heterocycles. The predicted molar refractivity (Wildman–Crippen MR) is 87.4 cm³/mol. The molecule has 0 radical (unpaired) electrons. The minimum atomic E-state index is 0.0266. The molecule has 1 saturated heterocycles. The van der Waals surface area contributed by atoms with Gasteiger partial charge in [-0.3, -0.25) is 0 Å². The molecule has 21 heavy (non-hydrogen) atoms. The molecule has 1 aromatic rings. The largest absolute Gasteiger partial charge is 0.325 e. The van der Waals surface area contributed by atoms with Crippen LogP contribution in [0.3, 0.4) is 0 Å². The number of hydrogen-bond acceptors (Lipinski definition) is 2. The quantitative estimate of drug-likeness (QED) is 0.815. The molecule has 1 aliphatic heterocycles. The number of benzene rings is 1. The van der Waals surface area contributed by atoms with E-state index in [9.17, 15) is 4.79 Å².